The number of ether oxygens (including phenoxy) is 3. The predicted molar refractivity (Wildman–Crippen MR) is 145 cm³/mol. The topological polar surface area (TPSA) is 85.3 Å². The van der Waals surface area contributed by atoms with Gasteiger partial charge in [0.1, 0.15) is 29.7 Å². The summed E-state index contributed by atoms with van der Waals surface area (Å²) in [5.74, 6) is -0.879. The van der Waals surface area contributed by atoms with E-state index in [1.54, 1.807) is 54.6 Å². The molecule has 7 nitrogen and oxygen atoms in total. The molecule has 1 aliphatic heterocycles. The Labute approximate surface area is 227 Å². The number of aliphatic hydroxyl groups excluding tert-OH is 1. The van der Waals surface area contributed by atoms with E-state index in [9.17, 15) is 19.1 Å². The van der Waals surface area contributed by atoms with Crippen molar-refractivity contribution in [3.8, 4) is 11.5 Å². The van der Waals surface area contributed by atoms with Gasteiger partial charge in [-0.05, 0) is 72.5 Å². The van der Waals surface area contributed by atoms with E-state index >= 15 is 0 Å². The van der Waals surface area contributed by atoms with E-state index in [1.807, 2.05) is 13.8 Å². The first kappa shape index (κ1) is 27.9. The van der Waals surface area contributed by atoms with Gasteiger partial charge in [0.25, 0.3) is 11.7 Å². The summed E-state index contributed by atoms with van der Waals surface area (Å²) in [7, 11) is 1.51. The van der Waals surface area contributed by atoms with Crippen LogP contribution in [0.2, 0.25) is 0 Å². The van der Waals surface area contributed by atoms with Crippen molar-refractivity contribution >= 4 is 17.4 Å². The molecule has 0 radical (unpaired) electrons. The van der Waals surface area contributed by atoms with Crippen LogP contribution in [0.1, 0.15) is 41.6 Å². The molecule has 1 heterocycles. The van der Waals surface area contributed by atoms with Crippen molar-refractivity contribution in [3.05, 3.63) is 100 Å². The number of ketones is 1. The number of aliphatic hydroxyl groups is 1. The summed E-state index contributed by atoms with van der Waals surface area (Å²) in [5.41, 5.74) is 2.59. The largest absolute Gasteiger partial charge is 0.507 e. The number of methoxy groups -OCH3 is 1. The van der Waals surface area contributed by atoms with Gasteiger partial charge in [-0.2, -0.15) is 0 Å². The van der Waals surface area contributed by atoms with Gasteiger partial charge in [-0.25, -0.2) is 4.39 Å². The quantitative estimate of drug-likeness (QED) is 0.197. The first-order valence-corrected chi connectivity index (χ1v) is 12.8. The Morgan fingerprint density at radius 3 is 2.46 bits per heavy atom. The molecular weight excluding hydrogens is 501 g/mol. The third-order valence-corrected chi connectivity index (χ3v) is 6.48. The molecule has 0 aliphatic carbocycles. The highest BCUT2D eigenvalue weighted by Crippen LogP contribution is 2.40. The molecule has 0 aromatic heterocycles. The number of rotatable bonds is 11. The zero-order valence-corrected chi connectivity index (χ0v) is 22.3. The van der Waals surface area contributed by atoms with Crippen LogP contribution >= 0.6 is 0 Å². The normalized spacial score (nSPS) is 16.5. The van der Waals surface area contributed by atoms with Crippen LogP contribution in [0.3, 0.4) is 0 Å². The molecule has 1 aliphatic rings. The molecule has 39 heavy (non-hydrogen) atoms. The first-order chi connectivity index (χ1) is 18.8. The minimum Gasteiger partial charge on any atom is -0.507 e. The van der Waals surface area contributed by atoms with Gasteiger partial charge in [0.05, 0.1) is 24.8 Å². The summed E-state index contributed by atoms with van der Waals surface area (Å²) in [5, 5.41) is 11.4. The highest BCUT2D eigenvalue weighted by Gasteiger charge is 2.46. The van der Waals surface area contributed by atoms with Crippen LogP contribution in [0.5, 0.6) is 11.5 Å². The maximum atomic E-state index is 13.3. The fourth-order valence-electron chi connectivity index (χ4n) is 4.49. The Bertz CT molecular complexity index is 1370. The van der Waals surface area contributed by atoms with Crippen LogP contribution in [0.4, 0.5) is 4.39 Å². The van der Waals surface area contributed by atoms with Crippen LogP contribution in [-0.2, 0) is 20.9 Å². The molecule has 0 bridgehead atoms. The number of carbonyl (C=O) groups excluding carboxylic acids is 2. The molecule has 0 spiro atoms. The average Bonchev–Trinajstić information content (AvgIpc) is 3.19. The first-order valence-electron chi connectivity index (χ1n) is 12.8. The molecule has 1 amide bonds. The number of benzene rings is 3. The maximum absolute atomic E-state index is 13.3. The number of carbonyl (C=O) groups is 2. The van der Waals surface area contributed by atoms with Gasteiger partial charge in [0.2, 0.25) is 0 Å². The third kappa shape index (κ3) is 6.29. The Balaban J connectivity index is 1.71. The van der Waals surface area contributed by atoms with Crippen LogP contribution < -0.4 is 9.47 Å². The second-order valence-electron chi connectivity index (χ2n) is 9.30. The minimum absolute atomic E-state index is 0.00610. The Kier molecular flexibility index (Phi) is 8.99. The number of Topliss-reactive ketones (excluding diaryl/α,β-unsaturated/α-hetero) is 1. The summed E-state index contributed by atoms with van der Waals surface area (Å²) in [6.45, 7) is 5.02. The number of halogens is 1. The lowest BCUT2D eigenvalue weighted by atomic mass is 9.94. The van der Waals surface area contributed by atoms with E-state index in [1.165, 1.54) is 24.1 Å². The van der Waals surface area contributed by atoms with Crippen LogP contribution in [-0.4, -0.2) is 48.6 Å². The molecule has 3 aromatic rings. The van der Waals surface area contributed by atoms with E-state index in [-0.39, 0.29) is 36.9 Å². The monoisotopic (exact) mass is 533 g/mol. The van der Waals surface area contributed by atoms with Crippen molar-refractivity contribution in [3.63, 3.8) is 0 Å². The van der Waals surface area contributed by atoms with E-state index < -0.39 is 17.7 Å². The molecule has 0 saturated carbocycles. The molecule has 204 valence electrons. The fraction of sp³-hybridized carbons (Fsp3) is 0.290. The number of hydrogen-bond donors (Lipinski definition) is 1. The molecule has 1 unspecified atom stereocenters. The SMILES string of the molecule is CCCOc1ccc(/C(O)=C2\C(=O)C(=O)N(CCOC)C2c2cccc(OCc3ccc(F)cc3)c2)cc1C. The highest BCUT2D eigenvalue weighted by molar-refractivity contribution is 6.46. The van der Waals surface area contributed by atoms with Crippen LogP contribution in [0.25, 0.3) is 5.76 Å². The van der Waals surface area contributed by atoms with E-state index in [0.29, 0.717) is 29.2 Å². The fourth-order valence-corrected chi connectivity index (χ4v) is 4.49. The van der Waals surface area contributed by atoms with Crippen molar-refractivity contribution in [1.29, 1.82) is 0 Å². The van der Waals surface area contributed by atoms with Crippen LogP contribution in [0.15, 0.2) is 72.3 Å². The second kappa shape index (κ2) is 12.6. The predicted octanol–water partition coefficient (Wildman–Crippen LogP) is 5.57. The lowest BCUT2D eigenvalue weighted by Gasteiger charge is -2.25. The van der Waals surface area contributed by atoms with Crippen molar-refractivity contribution in [2.45, 2.75) is 32.9 Å². The molecule has 8 heteroatoms. The molecule has 1 N–H and O–H groups in total. The molecular formula is C31H32FNO6. The molecule has 1 saturated heterocycles. The summed E-state index contributed by atoms with van der Waals surface area (Å²) in [6, 6.07) is 17.4. The zero-order chi connectivity index (χ0) is 27.9. The standard InChI is InChI=1S/C31H32FNO6/c1-4-15-38-26-13-10-23(17-20(26)2)29(34)27-28(33(14-16-37-3)31(36)30(27)35)22-6-5-7-25(18-22)39-19-21-8-11-24(32)12-9-21/h5-13,17-18,28,34H,4,14-16,19H2,1-3H3/b29-27+. The van der Waals surface area contributed by atoms with Gasteiger partial charge >= 0.3 is 0 Å². The van der Waals surface area contributed by atoms with Gasteiger partial charge in [-0.3, -0.25) is 9.59 Å². The maximum Gasteiger partial charge on any atom is 0.295 e. The highest BCUT2D eigenvalue weighted by atomic mass is 19.1. The summed E-state index contributed by atoms with van der Waals surface area (Å²) < 4.78 is 30.1. The molecule has 4 rings (SSSR count). The van der Waals surface area contributed by atoms with Gasteiger partial charge in [0.15, 0.2) is 0 Å². The van der Waals surface area contributed by atoms with E-state index in [4.69, 9.17) is 14.2 Å². The number of hydrogen-bond acceptors (Lipinski definition) is 6. The lowest BCUT2D eigenvalue weighted by molar-refractivity contribution is -0.140. The summed E-state index contributed by atoms with van der Waals surface area (Å²) >= 11 is 0. The average molecular weight is 534 g/mol. The summed E-state index contributed by atoms with van der Waals surface area (Å²) in [6.07, 6.45) is 0.860. The smallest absolute Gasteiger partial charge is 0.295 e. The van der Waals surface area contributed by atoms with Gasteiger partial charge in [-0.1, -0.05) is 31.2 Å². The number of nitrogens with zero attached hydrogens (tertiary/aromatic N) is 1. The van der Waals surface area contributed by atoms with Crippen molar-refractivity contribution < 1.29 is 33.3 Å². The van der Waals surface area contributed by atoms with Gasteiger partial charge in [0, 0.05) is 19.2 Å². The number of amides is 1. The van der Waals surface area contributed by atoms with Crippen molar-refractivity contribution in [1.82, 2.24) is 4.90 Å². The number of aryl methyl sites for hydroxylation is 1. The minimum atomic E-state index is -0.842. The zero-order valence-electron chi connectivity index (χ0n) is 22.3. The van der Waals surface area contributed by atoms with Crippen molar-refractivity contribution in [2.75, 3.05) is 26.9 Å². The Morgan fingerprint density at radius 2 is 1.77 bits per heavy atom. The van der Waals surface area contributed by atoms with Gasteiger partial charge < -0.3 is 24.2 Å². The lowest BCUT2D eigenvalue weighted by Crippen LogP contribution is -2.32. The molecule has 1 fully saturated rings. The Hall–Kier alpha value is -4.17. The van der Waals surface area contributed by atoms with E-state index in [2.05, 4.69) is 0 Å². The van der Waals surface area contributed by atoms with Crippen LogP contribution in [0, 0.1) is 12.7 Å². The Morgan fingerprint density at radius 1 is 1.00 bits per heavy atom. The summed E-state index contributed by atoms with van der Waals surface area (Å²) in [4.78, 5) is 27.8. The number of likely N-dealkylation sites (tertiary alicyclic amines) is 1. The van der Waals surface area contributed by atoms with Crippen molar-refractivity contribution in [2.24, 2.45) is 0 Å². The third-order valence-electron chi connectivity index (χ3n) is 6.48. The second-order valence-corrected chi connectivity index (χ2v) is 9.30. The van der Waals surface area contributed by atoms with E-state index in [0.717, 1.165) is 17.5 Å². The molecule has 3 aromatic carbocycles. The molecule has 1 atom stereocenters. The van der Waals surface area contributed by atoms with Gasteiger partial charge in [-0.15, -0.1) is 0 Å².